The summed E-state index contributed by atoms with van der Waals surface area (Å²) in [7, 11) is 0. The van der Waals surface area contributed by atoms with Crippen LogP contribution in [0.25, 0.3) is 0 Å². The lowest BCUT2D eigenvalue weighted by molar-refractivity contribution is 0.0549. The van der Waals surface area contributed by atoms with E-state index in [9.17, 15) is 9.59 Å². The zero-order chi connectivity index (χ0) is 20.4. The molecule has 0 saturated carbocycles. The van der Waals surface area contributed by atoms with Crippen LogP contribution in [-0.4, -0.2) is 51.4 Å². The molecule has 2 fully saturated rings. The summed E-state index contributed by atoms with van der Waals surface area (Å²) >= 11 is 0. The number of carbonyl (C=O) groups is 2. The Morgan fingerprint density at radius 2 is 1.79 bits per heavy atom. The van der Waals surface area contributed by atoms with E-state index in [0.29, 0.717) is 17.9 Å². The normalized spacial score (nSPS) is 23.0. The molecule has 1 N–H and O–H groups in total. The summed E-state index contributed by atoms with van der Waals surface area (Å²) in [6.45, 7) is 4.37. The number of piperidine rings is 1. The summed E-state index contributed by atoms with van der Waals surface area (Å²) in [5.74, 6) is 0.635. The first-order chi connectivity index (χ1) is 14.0. The Labute approximate surface area is 170 Å². The first kappa shape index (κ1) is 19.4. The van der Waals surface area contributed by atoms with E-state index in [1.807, 2.05) is 43.0 Å². The van der Waals surface area contributed by atoms with E-state index in [0.717, 1.165) is 37.1 Å². The number of nitrogens with zero attached hydrogens (tertiary/aromatic N) is 3. The molecule has 2 amide bonds. The highest BCUT2D eigenvalue weighted by atomic mass is 16.5. The van der Waals surface area contributed by atoms with Crippen LogP contribution < -0.4 is 10.1 Å². The molecule has 2 atom stereocenters. The molecule has 4 rings (SSSR count). The lowest BCUT2D eigenvalue weighted by Gasteiger charge is -2.39. The molecule has 7 nitrogen and oxygen atoms in total. The standard InChI is InChI=1S/C22H26N4O3/c1-3-29-19-8-4-15(5-9-19)22(28)26-17-6-7-18(26)11-16(10-17)25-21(27)20-13-23-14(2)12-24-20/h4-5,8-9,12-13,16-18H,3,6-7,10-11H2,1-2H3,(H,25,27). The van der Waals surface area contributed by atoms with Gasteiger partial charge in [-0.3, -0.25) is 14.6 Å². The van der Waals surface area contributed by atoms with Crippen molar-refractivity contribution in [1.29, 1.82) is 0 Å². The van der Waals surface area contributed by atoms with Crippen LogP contribution in [0.4, 0.5) is 0 Å². The molecular weight excluding hydrogens is 368 g/mol. The van der Waals surface area contributed by atoms with Gasteiger partial charge in [0.1, 0.15) is 11.4 Å². The number of hydrogen-bond acceptors (Lipinski definition) is 5. The Bertz CT molecular complexity index is 868. The first-order valence-corrected chi connectivity index (χ1v) is 10.2. The third-order valence-corrected chi connectivity index (χ3v) is 5.73. The van der Waals surface area contributed by atoms with Gasteiger partial charge in [0.15, 0.2) is 0 Å². The quantitative estimate of drug-likeness (QED) is 0.843. The molecule has 0 aliphatic carbocycles. The number of carbonyl (C=O) groups excluding carboxylic acids is 2. The van der Waals surface area contributed by atoms with Crippen LogP contribution in [0, 0.1) is 6.92 Å². The smallest absolute Gasteiger partial charge is 0.271 e. The number of hydrogen-bond donors (Lipinski definition) is 1. The Balaban J connectivity index is 1.40. The van der Waals surface area contributed by atoms with Crippen molar-refractivity contribution in [1.82, 2.24) is 20.2 Å². The number of rotatable bonds is 5. The minimum absolute atomic E-state index is 0.0486. The van der Waals surface area contributed by atoms with Crippen molar-refractivity contribution in [2.75, 3.05) is 6.61 Å². The largest absolute Gasteiger partial charge is 0.494 e. The van der Waals surface area contributed by atoms with Gasteiger partial charge in [-0.2, -0.15) is 0 Å². The Kier molecular flexibility index (Phi) is 5.47. The van der Waals surface area contributed by atoms with Crippen LogP contribution in [0.5, 0.6) is 5.75 Å². The Morgan fingerprint density at radius 1 is 1.10 bits per heavy atom. The van der Waals surface area contributed by atoms with Crippen LogP contribution in [0.2, 0.25) is 0 Å². The third kappa shape index (κ3) is 4.09. The van der Waals surface area contributed by atoms with E-state index >= 15 is 0 Å². The molecule has 2 aromatic rings. The van der Waals surface area contributed by atoms with Crippen molar-refractivity contribution in [3.05, 3.63) is 53.6 Å². The maximum Gasteiger partial charge on any atom is 0.271 e. The molecule has 3 heterocycles. The predicted octanol–water partition coefficient (Wildman–Crippen LogP) is 2.75. The van der Waals surface area contributed by atoms with Gasteiger partial charge in [0.25, 0.3) is 11.8 Å². The van der Waals surface area contributed by atoms with Crippen LogP contribution in [-0.2, 0) is 0 Å². The zero-order valence-electron chi connectivity index (χ0n) is 16.8. The monoisotopic (exact) mass is 394 g/mol. The van der Waals surface area contributed by atoms with Gasteiger partial charge in [-0.15, -0.1) is 0 Å². The van der Waals surface area contributed by atoms with Gasteiger partial charge in [0, 0.05) is 29.9 Å². The number of benzene rings is 1. The average Bonchev–Trinajstić information content (AvgIpc) is 2.99. The minimum atomic E-state index is -0.201. The summed E-state index contributed by atoms with van der Waals surface area (Å²) in [6, 6.07) is 7.70. The Hall–Kier alpha value is -2.96. The maximum atomic E-state index is 13.1. The number of fused-ring (bicyclic) bond motifs is 2. The van der Waals surface area contributed by atoms with Gasteiger partial charge in [0.2, 0.25) is 0 Å². The second-order valence-corrected chi connectivity index (χ2v) is 7.74. The molecule has 2 unspecified atom stereocenters. The van der Waals surface area contributed by atoms with E-state index in [1.54, 1.807) is 6.20 Å². The lowest BCUT2D eigenvalue weighted by Crippen LogP contribution is -2.52. The summed E-state index contributed by atoms with van der Waals surface area (Å²) in [4.78, 5) is 35.9. The van der Waals surface area contributed by atoms with Crippen molar-refractivity contribution >= 4 is 11.8 Å². The van der Waals surface area contributed by atoms with Crippen LogP contribution in [0.3, 0.4) is 0 Å². The molecule has 0 radical (unpaired) electrons. The molecule has 29 heavy (non-hydrogen) atoms. The summed E-state index contributed by atoms with van der Waals surface area (Å²) < 4.78 is 5.46. The summed E-state index contributed by atoms with van der Waals surface area (Å²) in [5, 5.41) is 3.08. The fourth-order valence-electron chi connectivity index (χ4n) is 4.41. The van der Waals surface area contributed by atoms with E-state index in [2.05, 4.69) is 15.3 Å². The second kappa shape index (κ2) is 8.19. The van der Waals surface area contributed by atoms with E-state index in [-0.39, 0.29) is 29.9 Å². The highest BCUT2D eigenvalue weighted by molar-refractivity contribution is 5.95. The maximum absolute atomic E-state index is 13.1. The second-order valence-electron chi connectivity index (χ2n) is 7.74. The van der Waals surface area contributed by atoms with Crippen LogP contribution in [0.1, 0.15) is 59.1 Å². The number of nitrogens with one attached hydrogen (secondary N) is 1. The lowest BCUT2D eigenvalue weighted by atomic mass is 9.96. The molecule has 2 aliphatic heterocycles. The van der Waals surface area contributed by atoms with E-state index < -0.39 is 0 Å². The molecule has 0 spiro atoms. The molecular formula is C22H26N4O3. The highest BCUT2D eigenvalue weighted by Gasteiger charge is 2.43. The van der Waals surface area contributed by atoms with E-state index in [4.69, 9.17) is 4.74 Å². The molecule has 1 aromatic heterocycles. The average molecular weight is 394 g/mol. The third-order valence-electron chi connectivity index (χ3n) is 5.73. The SMILES string of the molecule is CCOc1ccc(C(=O)N2C3CCC2CC(NC(=O)c2cnc(C)cn2)C3)cc1. The molecule has 152 valence electrons. The molecule has 7 heteroatoms. The number of aromatic nitrogens is 2. The number of aryl methyl sites for hydroxylation is 1. The molecule has 2 aliphatic rings. The van der Waals surface area contributed by atoms with Gasteiger partial charge < -0.3 is 15.0 Å². The highest BCUT2D eigenvalue weighted by Crippen LogP contribution is 2.37. The van der Waals surface area contributed by atoms with Crippen LogP contribution in [0.15, 0.2) is 36.7 Å². The number of amides is 2. The topological polar surface area (TPSA) is 84.4 Å². The Morgan fingerprint density at radius 3 is 2.38 bits per heavy atom. The predicted molar refractivity (Wildman–Crippen MR) is 108 cm³/mol. The fourth-order valence-corrected chi connectivity index (χ4v) is 4.41. The van der Waals surface area contributed by atoms with Gasteiger partial charge >= 0.3 is 0 Å². The molecule has 2 bridgehead atoms. The van der Waals surface area contributed by atoms with Crippen molar-refractivity contribution in [3.63, 3.8) is 0 Å². The van der Waals surface area contributed by atoms with E-state index in [1.165, 1.54) is 6.20 Å². The summed E-state index contributed by atoms with van der Waals surface area (Å²) in [5.41, 5.74) is 1.79. The van der Waals surface area contributed by atoms with Gasteiger partial charge in [-0.05, 0) is 63.8 Å². The fraction of sp³-hybridized carbons (Fsp3) is 0.455. The molecule has 1 aromatic carbocycles. The minimum Gasteiger partial charge on any atom is -0.494 e. The summed E-state index contributed by atoms with van der Waals surface area (Å²) in [6.07, 6.45) is 6.59. The van der Waals surface area contributed by atoms with Crippen molar-refractivity contribution in [3.8, 4) is 5.75 Å². The first-order valence-electron chi connectivity index (χ1n) is 10.2. The zero-order valence-corrected chi connectivity index (χ0v) is 16.8. The number of ether oxygens (including phenoxy) is 1. The molecule has 2 saturated heterocycles. The van der Waals surface area contributed by atoms with Gasteiger partial charge in [-0.1, -0.05) is 0 Å². The van der Waals surface area contributed by atoms with Crippen molar-refractivity contribution in [2.45, 2.75) is 57.7 Å². The van der Waals surface area contributed by atoms with Crippen molar-refractivity contribution < 1.29 is 14.3 Å². The van der Waals surface area contributed by atoms with Gasteiger partial charge in [-0.25, -0.2) is 4.98 Å². The van der Waals surface area contributed by atoms with Crippen LogP contribution >= 0.6 is 0 Å². The van der Waals surface area contributed by atoms with Gasteiger partial charge in [0.05, 0.1) is 18.5 Å². The van der Waals surface area contributed by atoms with Crippen molar-refractivity contribution in [2.24, 2.45) is 0 Å².